The van der Waals surface area contributed by atoms with Gasteiger partial charge < -0.3 is 19.7 Å². The number of nitrogens with one attached hydrogen (secondary N) is 1. The zero-order valence-electron chi connectivity index (χ0n) is 19.2. The lowest BCUT2D eigenvalue weighted by Crippen LogP contribution is -2.46. The van der Waals surface area contributed by atoms with E-state index in [1.807, 2.05) is 55.1 Å². The fourth-order valence-electron chi connectivity index (χ4n) is 4.23. The first-order valence-corrected chi connectivity index (χ1v) is 11.2. The maximum atomic E-state index is 12.0. The van der Waals surface area contributed by atoms with E-state index in [2.05, 4.69) is 20.2 Å². The van der Waals surface area contributed by atoms with Crippen LogP contribution in [0, 0.1) is 24.0 Å². The van der Waals surface area contributed by atoms with Crippen LogP contribution >= 0.6 is 0 Å². The molecule has 2 aliphatic rings. The van der Waals surface area contributed by atoms with Crippen molar-refractivity contribution in [2.24, 2.45) is 0 Å². The summed E-state index contributed by atoms with van der Waals surface area (Å²) in [7, 11) is 0. The minimum absolute atomic E-state index is 0.107. The zero-order valence-corrected chi connectivity index (χ0v) is 19.2. The first kappa shape index (κ1) is 21.9. The van der Waals surface area contributed by atoms with Crippen molar-refractivity contribution in [2.45, 2.75) is 20.4 Å². The van der Waals surface area contributed by atoms with Gasteiger partial charge in [-0.15, -0.1) is 0 Å². The van der Waals surface area contributed by atoms with Gasteiger partial charge in [-0.25, -0.2) is 9.97 Å². The Morgan fingerprint density at radius 1 is 1.00 bits per heavy atom. The number of hydrogen-bond donors (Lipinski definition) is 1. The standard InChI is InChI=1S/C24H26N6O4/c1-16-3-5-19(11-17(16)2)27-23-22(30(31)32)24(26-14-25-23)29-9-7-28(8-10-29)13-18-4-6-20-21(12-18)34-15-33-20/h3-6,11-12,14H,7-10,13,15H2,1-2H3,(H,25,26,27). The summed E-state index contributed by atoms with van der Waals surface area (Å²) in [6, 6.07) is 11.8. The average Bonchev–Trinajstić information content (AvgIpc) is 3.30. The minimum Gasteiger partial charge on any atom is -0.454 e. The number of nitrogens with zero attached hydrogens (tertiary/aromatic N) is 5. The lowest BCUT2D eigenvalue weighted by molar-refractivity contribution is -0.383. The Balaban J connectivity index is 1.29. The minimum atomic E-state index is -0.405. The summed E-state index contributed by atoms with van der Waals surface area (Å²) in [5.41, 5.74) is 4.04. The molecular weight excluding hydrogens is 436 g/mol. The van der Waals surface area contributed by atoms with Crippen molar-refractivity contribution >= 4 is 23.0 Å². The molecular formula is C24H26N6O4. The van der Waals surface area contributed by atoms with Gasteiger partial charge in [0.25, 0.3) is 0 Å². The summed E-state index contributed by atoms with van der Waals surface area (Å²) in [4.78, 5) is 24.4. The molecule has 0 bridgehead atoms. The van der Waals surface area contributed by atoms with E-state index in [9.17, 15) is 10.1 Å². The van der Waals surface area contributed by atoms with Crippen LogP contribution < -0.4 is 19.7 Å². The normalized spacial score (nSPS) is 15.4. The highest BCUT2D eigenvalue weighted by Crippen LogP contribution is 2.35. The van der Waals surface area contributed by atoms with E-state index in [0.29, 0.717) is 18.9 Å². The molecule has 0 saturated carbocycles. The van der Waals surface area contributed by atoms with Crippen LogP contribution in [-0.4, -0.2) is 52.8 Å². The molecule has 34 heavy (non-hydrogen) atoms. The predicted molar refractivity (Wildman–Crippen MR) is 128 cm³/mol. The third-order valence-corrected chi connectivity index (χ3v) is 6.27. The molecule has 1 fully saturated rings. The summed E-state index contributed by atoms with van der Waals surface area (Å²) < 4.78 is 10.9. The van der Waals surface area contributed by atoms with E-state index in [1.54, 1.807) is 0 Å². The van der Waals surface area contributed by atoms with E-state index in [0.717, 1.165) is 53.5 Å². The second-order valence-electron chi connectivity index (χ2n) is 8.53. The lowest BCUT2D eigenvalue weighted by atomic mass is 10.1. The van der Waals surface area contributed by atoms with Gasteiger partial charge in [-0.1, -0.05) is 12.1 Å². The smallest absolute Gasteiger partial charge is 0.353 e. The highest BCUT2D eigenvalue weighted by Gasteiger charge is 2.29. The van der Waals surface area contributed by atoms with Gasteiger partial charge in [0.05, 0.1) is 4.92 Å². The number of piperazine rings is 1. The summed E-state index contributed by atoms with van der Waals surface area (Å²) >= 11 is 0. The summed E-state index contributed by atoms with van der Waals surface area (Å²) in [5.74, 6) is 2.08. The molecule has 10 heteroatoms. The van der Waals surface area contributed by atoms with Crippen LogP contribution in [-0.2, 0) is 6.54 Å². The van der Waals surface area contributed by atoms with E-state index in [-0.39, 0.29) is 18.3 Å². The van der Waals surface area contributed by atoms with Gasteiger partial charge in [-0.2, -0.15) is 0 Å². The molecule has 2 aliphatic heterocycles. The molecule has 0 radical (unpaired) electrons. The third-order valence-electron chi connectivity index (χ3n) is 6.27. The number of rotatable bonds is 6. The number of ether oxygens (including phenoxy) is 2. The van der Waals surface area contributed by atoms with Crippen LogP contribution in [0.5, 0.6) is 11.5 Å². The van der Waals surface area contributed by atoms with Gasteiger partial charge in [-0.05, 0) is 54.8 Å². The maximum Gasteiger partial charge on any atom is 0.353 e. The third kappa shape index (κ3) is 4.44. The molecule has 5 rings (SSSR count). The number of nitro groups is 1. The molecule has 176 valence electrons. The van der Waals surface area contributed by atoms with E-state index in [1.165, 1.54) is 6.33 Å². The number of benzene rings is 2. The molecule has 3 heterocycles. The van der Waals surface area contributed by atoms with E-state index < -0.39 is 4.92 Å². The second-order valence-corrected chi connectivity index (χ2v) is 8.53. The molecule has 1 aromatic heterocycles. The number of aryl methyl sites for hydroxylation is 2. The van der Waals surface area contributed by atoms with E-state index >= 15 is 0 Å². The topological polar surface area (TPSA) is 106 Å². The molecule has 0 spiro atoms. The molecule has 0 unspecified atom stereocenters. The largest absolute Gasteiger partial charge is 0.454 e. The number of aromatic nitrogens is 2. The Morgan fingerprint density at radius 3 is 2.56 bits per heavy atom. The van der Waals surface area contributed by atoms with Crippen LogP contribution in [0.4, 0.5) is 23.0 Å². The summed E-state index contributed by atoms with van der Waals surface area (Å²) in [5, 5.41) is 15.1. The van der Waals surface area contributed by atoms with Gasteiger partial charge in [0.15, 0.2) is 11.5 Å². The van der Waals surface area contributed by atoms with Crippen LogP contribution in [0.25, 0.3) is 0 Å². The van der Waals surface area contributed by atoms with Crippen LogP contribution in [0.1, 0.15) is 16.7 Å². The number of anilines is 3. The van der Waals surface area contributed by atoms with Crippen molar-refractivity contribution in [2.75, 3.05) is 43.2 Å². The fourth-order valence-corrected chi connectivity index (χ4v) is 4.23. The Kier molecular flexibility index (Phi) is 5.89. The summed E-state index contributed by atoms with van der Waals surface area (Å²) in [6.07, 6.45) is 1.38. The highest BCUT2D eigenvalue weighted by atomic mass is 16.7. The van der Waals surface area contributed by atoms with Crippen molar-refractivity contribution in [3.8, 4) is 11.5 Å². The van der Waals surface area contributed by atoms with Crippen molar-refractivity contribution in [1.29, 1.82) is 0 Å². The van der Waals surface area contributed by atoms with Gasteiger partial charge in [-0.3, -0.25) is 15.0 Å². The molecule has 2 aromatic carbocycles. The van der Waals surface area contributed by atoms with Crippen molar-refractivity contribution in [1.82, 2.24) is 14.9 Å². The quantitative estimate of drug-likeness (QED) is 0.432. The van der Waals surface area contributed by atoms with Gasteiger partial charge in [0.2, 0.25) is 18.4 Å². The second kappa shape index (κ2) is 9.14. The molecule has 0 aliphatic carbocycles. The van der Waals surface area contributed by atoms with Crippen LogP contribution in [0.2, 0.25) is 0 Å². The first-order chi connectivity index (χ1) is 16.5. The summed E-state index contributed by atoms with van der Waals surface area (Å²) in [6.45, 7) is 7.84. The van der Waals surface area contributed by atoms with Crippen molar-refractivity contribution in [3.05, 3.63) is 69.5 Å². The Morgan fingerprint density at radius 2 is 1.79 bits per heavy atom. The highest BCUT2D eigenvalue weighted by molar-refractivity contribution is 5.74. The van der Waals surface area contributed by atoms with Gasteiger partial charge in [0, 0.05) is 38.4 Å². The SMILES string of the molecule is Cc1ccc(Nc2ncnc(N3CCN(Cc4ccc5c(c4)OCO5)CC3)c2[N+](=O)[O-])cc1C. The average molecular weight is 463 g/mol. The molecule has 1 N–H and O–H groups in total. The number of hydrogen-bond acceptors (Lipinski definition) is 9. The Hall–Kier alpha value is -3.92. The Bertz CT molecular complexity index is 1230. The molecule has 3 aromatic rings. The van der Waals surface area contributed by atoms with Crippen LogP contribution in [0.3, 0.4) is 0 Å². The van der Waals surface area contributed by atoms with Gasteiger partial charge >= 0.3 is 5.69 Å². The zero-order chi connectivity index (χ0) is 23.7. The predicted octanol–water partition coefficient (Wildman–Crippen LogP) is 3.80. The van der Waals surface area contributed by atoms with Crippen molar-refractivity contribution < 1.29 is 14.4 Å². The molecule has 10 nitrogen and oxygen atoms in total. The lowest BCUT2D eigenvalue weighted by Gasteiger charge is -2.35. The molecule has 1 saturated heterocycles. The number of fused-ring (bicyclic) bond motifs is 1. The monoisotopic (exact) mass is 462 g/mol. The fraction of sp³-hybridized carbons (Fsp3) is 0.333. The van der Waals surface area contributed by atoms with Gasteiger partial charge in [0.1, 0.15) is 6.33 Å². The maximum absolute atomic E-state index is 12.0. The molecule has 0 atom stereocenters. The first-order valence-electron chi connectivity index (χ1n) is 11.2. The van der Waals surface area contributed by atoms with E-state index in [4.69, 9.17) is 9.47 Å². The molecule has 0 amide bonds. The van der Waals surface area contributed by atoms with Crippen molar-refractivity contribution in [3.63, 3.8) is 0 Å². The van der Waals surface area contributed by atoms with Crippen LogP contribution in [0.15, 0.2) is 42.7 Å². The Labute approximate surface area is 197 Å².